The molecule has 1 atom stereocenters. The van der Waals surface area contributed by atoms with Crippen molar-refractivity contribution in [3.8, 4) is 0 Å². The summed E-state index contributed by atoms with van der Waals surface area (Å²) >= 11 is 3.46. The topological polar surface area (TPSA) is 29.5 Å². The lowest BCUT2D eigenvalue weighted by atomic mass is 10.0. The Balaban J connectivity index is 1.80. The molecule has 4 heteroatoms. The molecule has 0 aromatic heterocycles. The maximum atomic E-state index is 12.7. The third-order valence-electron chi connectivity index (χ3n) is 3.99. The lowest BCUT2D eigenvalue weighted by Crippen LogP contribution is -2.42. The predicted octanol–water partition coefficient (Wildman–Crippen LogP) is 3.97. The van der Waals surface area contributed by atoms with Gasteiger partial charge in [-0.05, 0) is 46.1 Å². The zero-order valence-electron chi connectivity index (χ0n) is 12.5. The smallest absolute Gasteiger partial charge is 0.255 e. The lowest BCUT2D eigenvalue weighted by molar-refractivity contribution is -0.0231. The molecule has 0 bridgehead atoms. The molecule has 1 aliphatic rings. The molecule has 22 heavy (non-hydrogen) atoms. The summed E-state index contributed by atoms with van der Waals surface area (Å²) in [6.07, 6.45) is -0.0543. The van der Waals surface area contributed by atoms with Crippen LogP contribution in [0.1, 0.15) is 27.6 Å². The van der Waals surface area contributed by atoms with Gasteiger partial charge in [0.15, 0.2) is 0 Å². The number of hydrogen-bond acceptors (Lipinski definition) is 2. The zero-order chi connectivity index (χ0) is 15.5. The standard InChI is InChI=1S/C18H18BrNO2/c1-13-6-2-3-7-14(13)17-12-20(10-11-22-17)18(21)15-8-4-5-9-16(15)19/h2-9,17H,10-12H2,1H3. The molecule has 1 aliphatic heterocycles. The number of amides is 1. The Bertz CT molecular complexity index is 686. The number of hydrogen-bond donors (Lipinski definition) is 0. The number of morpholine rings is 1. The average Bonchev–Trinajstić information content (AvgIpc) is 2.55. The van der Waals surface area contributed by atoms with Gasteiger partial charge >= 0.3 is 0 Å². The minimum atomic E-state index is -0.0543. The summed E-state index contributed by atoms with van der Waals surface area (Å²) in [4.78, 5) is 14.6. The van der Waals surface area contributed by atoms with Crippen molar-refractivity contribution in [2.24, 2.45) is 0 Å². The molecule has 0 aliphatic carbocycles. The van der Waals surface area contributed by atoms with E-state index in [0.29, 0.717) is 25.3 Å². The van der Waals surface area contributed by atoms with Gasteiger partial charge in [-0.2, -0.15) is 0 Å². The number of halogens is 1. The Morgan fingerprint density at radius 2 is 1.91 bits per heavy atom. The first kappa shape index (κ1) is 15.3. The second-order valence-electron chi connectivity index (χ2n) is 5.45. The van der Waals surface area contributed by atoms with Gasteiger partial charge in [-0.25, -0.2) is 0 Å². The summed E-state index contributed by atoms with van der Waals surface area (Å²) in [7, 11) is 0. The molecule has 1 amide bonds. The van der Waals surface area contributed by atoms with Crippen molar-refractivity contribution in [3.63, 3.8) is 0 Å². The van der Waals surface area contributed by atoms with Gasteiger partial charge in [0.05, 0.1) is 18.7 Å². The molecule has 3 nitrogen and oxygen atoms in total. The van der Waals surface area contributed by atoms with Crippen molar-refractivity contribution in [1.29, 1.82) is 0 Å². The van der Waals surface area contributed by atoms with E-state index in [0.717, 1.165) is 10.0 Å². The van der Waals surface area contributed by atoms with E-state index in [1.165, 1.54) is 5.56 Å². The highest BCUT2D eigenvalue weighted by Gasteiger charge is 2.27. The van der Waals surface area contributed by atoms with Crippen LogP contribution in [0.3, 0.4) is 0 Å². The number of aryl methyl sites for hydroxylation is 1. The van der Waals surface area contributed by atoms with Crippen molar-refractivity contribution < 1.29 is 9.53 Å². The maximum Gasteiger partial charge on any atom is 0.255 e. The van der Waals surface area contributed by atoms with Crippen LogP contribution in [0.25, 0.3) is 0 Å². The van der Waals surface area contributed by atoms with Gasteiger partial charge in [-0.3, -0.25) is 4.79 Å². The maximum absolute atomic E-state index is 12.7. The third-order valence-corrected chi connectivity index (χ3v) is 4.68. The van der Waals surface area contributed by atoms with Gasteiger partial charge < -0.3 is 9.64 Å². The molecule has 3 rings (SSSR count). The van der Waals surface area contributed by atoms with Gasteiger partial charge in [-0.1, -0.05) is 36.4 Å². The van der Waals surface area contributed by atoms with Crippen molar-refractivity contribution in [1.82, 2.24) is 4.90 Å². The highest BCUT2D eigenvalue weighted by atomic mass is 79.9. The number of nitrogens with zero attached hydrogens (tertiary/aromatic N) is 1. The second-order valence-corrected chi connectivity index (χ2v) is 6.30. The molecule has 2 aromatic carbocycles. The van der Waals surface area contributed by atoms with Crippen LogP contribution in [0.2, 0.25) is 0 Å². The normalized spacial score (nSPS) is 18.3. The average molecular weight is 360 g/mol. The fraction of sp³-hybridized carbons (Fsp3) is 0.278. The van der Waals surface area contributed by atoms with Crippen LogP contribution in [0, 0.1) is 6.92 Å². The van der Waals surface area contributed by atoms with Gasteiger partial charge in [0.1, 0.15) is 6.10 Å². The van der Waals surface area contributed by atoms with Gasteiger partial charge in [0, 0.05) is 11.0 Å². The van der Waals surface area contributed by atoms with E-state index in [2.05, 4.69) is 35.0 Å². The molecular weight excluding hydrogens is 342 g/mol. The second kappa shape index (κ2) is 6.63. The molecule has 0 radical (unpaired) electrons. The lowest BCUT2D eigenvalue weighted by Gasteiger charge is -2.34. The van der Waals surface area contributed by atoms with E-state index in [1.807, 2.05) is 41.3 Å². The molecule has 2 aromatic rings. The number of carbonyl (C=O) groups is 1. The summed E-state index contributed by atoms with van der Waals surface area (Å²) in [5.74, 6) is 0.0503. The number of rotatable bonds is 2. The Kier molecular flexibility index (Phi) is 4.60. The summed E-state index contributed by atoms with van der Waals surface area (Å²) in [5.41, 5.74) is 3.06. The molecule has 0 saturated carbocycles. The van der Waals surface area contributed by atoms with Crippen LogP contribution in [0.5, 0.6) is 0 Å². The van der Waals surface area contributed by atoms with Crippen LogP contribution in [0.15, 0.2) is 53.0 Å². The van der Waals surface area contributed by atoms with Crippen molar-refractivity contribution >= 4 is 21.8 Å². The minimum absolute atomic E-state index is 0.0503. The molecule has 0 spiro atoms. The fourth-order valence-electron chi connectivity index (χ4n) is 2.77. The predicted molar refractivity (Wildman–Crippen MR) is 89.9 cm³/mol. The highest BCUT2D eigenvalue weighted by molar-refractivity contribution is 9.10. The zero-order valence-corrected chi connectivity index (χ0v) is 14.0. The summed E-state index contributed by atoms with van der Waals surface area (Å²) in [6.45, 7) is 3.86. The van der Waals surface area contributed by atoms with E-state index in [-0.39, 0.29) is 12.0 Å². The largest absolute Gasteiger partial charge is 0.370 e. The number of carbonyl (C=O) groups excluding carboxylic acids is 1. The highest BCUT2D eigenvalue weighted by Crippen LogP contribution is 2.27. The van der Waals surface area contributed by atoms with Crippen molar-refractivity contribution in [2.75, 3.05) is 19.7 Å². The Labute approximate surface area is 139 Å². The van der Waals surface area contributed by atoms with E-state index >= 15 is 0 Å². The first-order valence-corrected chi connectivity index (χ1v) is 8.17. The molecule has 1 heterocycles. The summed E-state index contributed by atoms with van der Waals surface area (Å²) < 4.78 is 6.72. The van der Waals surface area contributed by atoms with Crippen LogP contribution in [-0.2, 0) is 4.74 Å². The Morgan fingerprint density at radius 3 is 2.68 bits per heavy atom. The van der Waals surface area contributed by atoms with Crippen molar-refractivity contribution in [3.05, 3.63) is 69.7 Å². The van der Waals surface area contributed by atoms with Crippen molar-refractivity contribution in [2.45, 2.75) is 13.0 Å². The van der Waals surface area contributed by atoms with E-state index in [9.17, 15) is 4.79 Å². The quantitative estimate of drug-likeness (QED) is 0.811. The number of ether oxygens (including phenoxy) is 1. The van der Waals surface area contributed by atoms with Gasteiger partial charge in [-0.15, -0.1) is 0 Å². The van der Waals surface area contributed by atoms with Gasteiger partial charge in [0.2, 0.25) is 0 Å². The SMILES string of the molecule is Cc1ccccc1C1CN(C(=O)c2ccccc2Br)CCO1. The van der Waals surface area contributed by atoms with Crippen LogP contribution < -0.4 is 0 Å². The summed E-state index contributed by atoms with van der Waals surface area (Å²) in [5, 5.41) is 0. The molecule has 1 unspecified atom stereocenters. The first-order valence-electron chi connectivity index (χ1n) is 7.38. The molecule has 1 fully saturated rings. The minimum Gasteiger partial charge on any atom is -0.370 e. The molecule has 1 saturated heterocycles. The van der Waals surface area contributed by atoms with E-state index in [1.54, 1.807) is 0 Å². The molecule has 114 valence electrons. The van der Waals surface area contributed by atoms with Gasteiger partial charge in [0.25, 0.3) is 5.91 Å². The Hall–Kier alpha value is -1.65. The molecular formula is C18H18BrNO2. The van der Waals surface area contributed by atoms with Crippen LogP contribution >= 0.6 is 15.9 Å². The molecule has 0 N–H and O–H groups in total. The van der Waals surface area contributed by atoms with Crippen LogP contribution in [-0.4, -0.2) is 30.5 Å². The third kappa shape index (κ3) is 3.08. The number of benzene rings is 2. The van der Waals surface area contributed by atoms with E-state index < -0.39 is 0 Å². The fourth-order valence-corrected chi connectivity index (χ4v) is 3.23. The Morgan fingerprint density at radius 1 is 1.18 bits per heavy atom. The van der Waals surface area contributed by atoms with E-state index in [4.69, 9.17) is 4.74 Å². The first-order chi connectivity index (χ1) is 10.7. The monoisotopic (exact) mass is 359 g/mol. The van der Waals surface area contributed by atoms with Crippen LogP contribution in [0.4, 0.5) is 0 Å². The summed E-state index contributed by atoms with van der Waals surface area (Å²) in [6, 6.07) is 15.7.